The molecule has 19 heavy (non-hydrogen) atoms. The van der Waals surface area contributed by atoms with Crippen molar-refractivity contribution in [1.29, 1.82) is 0 Å². The van der Waals surface area contributed by atoms with E-state index < -0.39 is 22.8 Å². The molecular formula is C15H18O4. The van der Waals surface area contributed by atoms with Crippen LogP contribution in [-0.2, 0) is 9.59 Å². The third kappa shape index (κ3) is 1.46. The Morgan fingerprint density at radius 2 is 1.26 bits per heavy atom. The van der Waals surface area contributed by atoms with Crippen molar-refractivity contribution in [3.05, 3.63) is 24.3 Å². The van der Waals surface area contributed by atoms with Crippen molar-refractivity contribution in [2.24, 2.45) is 22.7 Å². The number of carboxylic acids is 2. The normalized spacial score (nSPS) is 40.7. The Morgan fingerprint density at radius 1 is 0.842 bits per heavy atom. The Labute approximate surface area is 111 Å². The van der Waals surface area contributed by atoms with Crippen LogP contribution in [0.4, 0.5) is 0 Å². The van der Waals surface area contributed by atoms with Crippen molar-refractivity contribution in [2.45, 2.75) is 32.1 Å². The molecule has 1 saturated carbocycles. The Hall–Kier alpha value is -1.58. The van der Waals surface area contributed by atoms with E-state index in [0.717, 1.165) is 25.7 Å². The summed E-state index contributed by atoms with van der Waals surface area (Å²) in [7, 11) is 0. The SMILES string of the molecule is O=C(O)C12C=CC(C(=O)O)(C=C1)C2C1CCCCC1. The quantitative estimate of drug-likeness (QED) is 0.766. The molecule has 0 amide bonds. The third-order valence-corrected chi connectivity index (χ3v) is 5.16. The molecule has 0 aromatic heterocycles. The summed E-state index contributed by atoms with van der Waals surface area (Å²) in [4.78, 5) is 23.4. The Balaban J connectivity index is 2.04. The molecule has 102 valence electrons. The highest BCUT2D eigenvalue weighted by Gasteiger charge is 2.64. The smallest absolute Gasteiger partial charge is 0.317 e. The standard InChI is InChI=1S/C15H18O4/c16-12(17)14-6-7-15(9-8-14,13(18)19)11(14)10-4-2-1-3-5-10/h6-11H,1-5H2,(H,16,17)(H,18,19). The first kappa shape index (κ1) is 12.5. The lowest BCUT2D eigenvalue weighted by atomic mass is 9.63. The Kier molecular flexibility index (Phi) is 2.59. The van der Waals surface area contributed by atoms with E-state index in [1.54, 1.807) is 24.3 Å². The van der Waals surface area contributed by atoms with Crippen LogP contribution in [0.2, 0.25) is 0 Å². The van der Waals surface area contributed by atoms with Crippen LogP contribution in [0.1, 0.15) is 32.1 Å². The van der Waals surface area contributed by atoms with E-state index in [2.05, 4.69) is 0 Å². The lowest BCUT2D eigenvalue weighted by Gasteiger charge is -2.38. The van der Waals surface area contributed by atoms with Crippen molar-refractivity contribution >= 4 is 11.9 Å². The van der Waals surface area contributed by atoms with Crippen LogP contribution in [0.25, 0.3) is 0 Å². The molecule has 0 aromatic rings. The molecule has 2 bridgehead atoms. The highest BCUT2D eigenvalue weighted by Crippen LogP contribution is 2.61. The molecule has 4 nitrogen and oxygen atoms in total. The van der Waals surface area contributed by atoms with E-state index in [-0.39, 0.29) is 11.8 Å². The van der Waals surface area contributed by atoms with Crippen molar-refractivity contribution in [3.8, 4) is 0 Å². The van der Waals surface area contributed by atoms with Gasteiger partial charge in [-0.25, -0.2) is 0 Å². The summed E-state index contributed by atoms with van der Waals surface area (Å²) in [6.07, 6.45) is 11.6. The van der Waals surface area contributed by atoms with Crippen LogP contribution in [0, 0.1) is 22.7 Å². The number of rotatable bonds is 3. The second-order valence-corrected chi connectivity index (χ2v) is 6.02. The van der Waals surface area contributed by atoms with Gasteiger partial charge < -0.3 is 10.2 Å². The molecule has 0 atom stereocenters. The molecule has 2 N–H and O–H groups in total. The molecule has 3 rings (SSSR count). The maximum Gasteiger partial charge on any atom is 0.317 e. The fourth-order valence-corrected chi connectivity index (χ4v) is 4.27. The molecule has 3 aliphatic rings. The molecule has 0 radical (unpaired) electrons. The minimum Gasteiger partial charge on any atom is -0.480 e. The second kappa shape index (κ2) is 3.95. The zero-order valence-electron chi connectivity index (χ0n) is 10.7. The van der Waals surface area contributed by atoms with E-state index in [9.17, 15) is 19.8 Å². The highest BCUT2D eigenvalue weighted by molar-refractivity contribution is 5.91. The van der Waals surface area contributed by atoms with Crippen molar-refractivity contribution in [2.75, 3.05) is 0 Å². The van der Waals surface area contributed by atoms with E-state index in [4.69, 9.17) is 0 Å². The van der Waals surface area contributed by atoms with Crippen LogP contribution in [0.15, 0.2) is 24.3 Å². The van der Waals surface area contributed by atoms with Gasteiger partial charge in [-0.15, -0.1) is 0 Å². The fraction of sp³-hybridized carbons (Fsp3) is 0.600. The number of fused-ring (bicyclic) bond motifs is 2. The van der Waals surface area contributed by atoms with Gasteiger partial charge in [0.15, 0.2) is 0 Å². The molecule has 0 saturated heterocycles. The number of aliphatic carboxylic acids is 2. The van der Waals surface area contributed by atoms with Gasteiger partial charge in [0, 0.05) is 5.92 Å². The van der Waals surface area contributed by atoms with Crippen molar-refractivity contribution < 1.29 is 19.8 Å². The molecule has 3 aliphatic carbocycles. The highest BCUT2D eigenvalue weighted by atomic mass is 16.4. The minimum absolute atomic E-state index is 0.186. The van der Waals surface area contributed by atoms with E-state index in [1.807, 2.05) is 0 Å². The number of hydrogen-bond acceptors (Lipinski definition) is 2. The average Bonchev–Trinajstić information content (AvgIpc) is 2.93. The van der Waals surface area contributed by atoms with Gasteiger partial charge in [0.05, 0.1) is 0 Å². The molecular weight excluding hydrogens is 244 g/mol. The van der Waals surface area contributed by atoms with Gasteiger partial charge in [-0.1, -0.05) is 56.4 Å². The monoisotopic (exact) mass is 262 g/mol. The summed E-state index contributed by atoms with van der Waals surface area (Å²) in [5.74, 6) is -2.01. The maximum absolute atomic E-state index is 11.7. The molecule has 1 fully saturated rings. The van der Waals surface area contributed by atoms with Crippen LogP contribution in [-0.4, -0.2) is 22.2 Å². The predicted molar refractivity (Wildman–Crippen MR) is 68.5 cm³/mol. The fourth-order valence-electron chi connectivity index (χ4n) is 4.27. The Morgan fingerprint density at radius 3 is 1.63 bits per heavy atom. The van der Waals surface area contributed by atoms with Gasteiger partial charge in [0.1, 0.15) is 10.8 Å². The van der Waals surface area contributed by atoms with Gasteiger partial charge in [0.25, 0.3) is 0 Å². The van der Waals surface area contributed by atoms with Crippen LogP contribution in [0.3, 0.4) is 0 Å². The summed E-state index contributed by atoms with van der Waals surface area (Å²) in [5.41, 5.74) is -2.19. The van der Waals surface area contributed by atoms with Gasteiger partial charge in [0.2, 0.25) is 0 Å². The third-order valence-electron chi connectivity index (χ3n) is 5.16. The van der Waals surface area contributed by atoms with Gasteiger partial charge in [-0.2, -0.15) is 0 Å². The summed E-state index contributed by atoms with van der Waals surface area (Å²) in [6, 6.07) is 0. The number of carboxylic acid groups (broad SMARTS) is 2. The van der Waals surface area contributed by atoms with E-state index >= 15 is 0 Å². The van der Waals surface area contributed by atoms with Crippen molar-refractivity contribution in [1.82, 2.24) is 0 Å². The van der Waals surface area contributed by atoms with Crippen LogP contribution >= 0.6 is 0 Å². The zero-order chi connectivity index (χ0) is 13.7. The van der Waals surface area contributed by atoms with Crippen molar-refractivity contribution in [3.63, 3.8) is 0 Å². The predicted octanol–water partition coefficient (Wildman–Crippen LogP) is 2.46. The number of carbonyl (C=O) groups is 2. The second-order valence-electron chi connectivity index (χ2n) is 6.02. The summed E-state index contributed by atoms with van der Waals surface area (Å²) in [5, 5.41) is 19.2. The lowest BCUT2D eigenvalue weighted by Crippen LogP contribution is -2.43. The maximum atomic E-state index is 11.7. The van der Waals surface area contributed by atoms with Crippen LogP contribution < -0.4 is 0 Å². The van der Waals surface area contributed by atoms with E-state index in [1.165, 1.54) is 6.42 Å². The molecule has 0 heterocycles. The minimum atomic E-state index is -1.10. The van der Waals surface area contributed by atoms with Gasteiger partial charge >= 0.3 is 11.9 Å². The first-order chi connectivity index (χ1) is 9.03. The van der Waals surface area contributed by atoms with Gasteiger partial charge in [-0.05, 0) is 5.92 Å². The topological polar surface area (TPSA) is 74.6 Å². The first-order valence-corrected chi connectivity index (χ1v) is 6.90. The largest absolute Gasteiger partial charge is 0.480 e. The summed E-state index contributed by atoms with van der Waals surface area (Å²) in [6.45, 7) is 0. The molecule has 0 aliphatic heterocycles. The first-order valence-electron chi connectivity index (χ1n) is 6.90. The summed E-state index contributed by atoms with van der Waals surface area (Å²) >= 11 is 0. The Bertz CT molecular complexity index is 434. The average molecular weight is 262 g/mol. The molecule has 0 unspecified atom stereocenters. The lowest BCUT2D eigenvalue weighted by molar-refractivity contribution is -0.153. The molecule has 4 heteroatoms. The van der Waals surface area contributed by atoms with E-state index in [0.29, 0.717) is 0 Å². The zero-order valence-corrected chi connectivity index (χ0v) is 10.7. The molecule has 0 aromatic carbocycles. The van der Waals surface area contributed by atoms with Crippen LogP contribution in [0.5, 0.6) is 0 Å². The molecule has 0 spiro atoms. The number of hydrogen-bond donors (Lipinski definition) is 2. The van der Waals surface area contributed by atoms with Gasteiger partial charge in [-0.3, -0.25) is 9.59 Å². The summed E-state index contributed by atoms with van der Waals surface area (Å²) < 4.78 is 0.